The third-order valence-corrected chi connectivity index (χ3v) is 3.17. The summed E-state index contributed by atoms with van der Waals surface area (Å²) in [7, 11) is 0. The Morgan fingerprint density at radius 2 is 1.95 bits per heavy atom. The summed E-state index contributed by atoms with van der Waals surface area (Å²) in [6.45, 7) is 3.71. The predicted molar refractivity (Wildman–Crippen MR) is 79.9 cm³/mol. The van der Waals surface area contributed by atoms with Crippen molar-refractivity contribution >= 4 is 11.9 Å². The molecule has 1 amide bonds. The van der Waals surface area contributed by atoms with Crippen molar-refractivity contribution in [2.24, 2.45) is 5.92 Å². The fourth-order valence-corrected chi connectivity index (χ4v) is 2.05. The van der Waals surface area contributed by atoms with E-state index in [4.69, 9.17) is 5.26 Å². The lowest BCUT2D eigenvalue weighted by Crippen LogP contribution is -2.47. The summed E-state index contributed by atoms with van der Waals surface area (Å²) in [6.07, 6.45) is -1.00. The molecule has 0 aromatic heterocycles. The van der Waals surface area contributed by atoms with Gasteiger partial charge in [0.05, 0.1) is 11.6 Å². The topological polar surface area (TPSA) is 110 Å². The van der Waals surface area contributed by atoms with E-state index in [1.165, 1.54) is 0 Å². The number of nitrogens with one attached hydrogen (secondary N) is 1. The monoisotopic (exact) mass is 304 g/mol. The number of amides is 1. The van der Waals surface area contributed by atoms with Crippen LogP contribution in [0.3, 0.4) is 0 Å². The van der Waals surface area contributed by atoms with Crippen molar-refractivity contribution in [3.8, 4) is 6.07 Å². The van der Waals surface area contributed by atoms with E-state index in [9.17, 15) is 19.8 Å². The van der Waals surface area contributed by atoms with Gasteiger partial charge in [0.1, 0.15) is 12.1 Å². The lowest BCUT2D eigenvalue weighted by molar-refractivity contribution is -0.143. The second-order valence-electron chi connectivity index (χ2n) is 5.52. The van der Waals surface area contributed by atoms with Gasteiger partial charge in [0.25, 0.3) is 0 Å². The summed E-state index contributed by atoms with van der Waals surface area (Å²) in [4.78, 5) is 23.2. The van der Waals surface area contributed by atoms with Crippen LogP contribution in [0.2, 0.25) is 0 Å². The molecule has 22 heavy (non-hydrogen) atoms. The maximum atomic E-state index is 11.8. The summed E-state index contributed by atoms with van der Waals surface area (Å²) in [5.41, 5.74) is 0.904. The van der Waals surface area contributed by atoms with Gasteiger partial charge >= 0.3 is 5.97 Å². The first-order valence-electron chi connectivity index (χ1n) is 7.04. The Balaban J connectivity index is 2.81. The van der Waals surface area contributed by atoms with Gasteiger partial charge in [0.2, 0.25) is 5.91 Å². The Kier molecular flexibility index (Phi) is 6.54. The van der Waals surface area contributed by atoms with Crippen LogP contribution in [0, 0.1) is 17.2 Å². The molecule has 0 heterocycles. The van der Waals surface area contributed by atoms with E-state index >= 15 is 0 Å². The van der Waals surface area contributed by atoms with Crippen molar-refractivity contribution in [1.82, 2.24) is 5.32 Å². The van der Waals surface area contributed by atoms with Crippen LogP contribution in [0.25, 0.3) is 0 Å². The van der Waals surface area contributed by atoms with Crippen LogP contribution >= 0.6 is 0 Å². The van der Waals surface area contributed by atoms with Gasteiger partial charge in [0.15, 0.2) is 0 Å². The lowest BCUT2D eigenvalue weighted by Gasteiger charge is -2.18. The second kappa shape index (κ2) is 8.15. The minimum atomic E-state index is -1.24. The molecule has 0 saturated heterocycles. The zero-order chi connectivity index (χ0) is 16.7. The predicted octanol–water partition coefficient (Wildman–Crippen LogP) is 1.08. The summed E-state index contributed by atoms with van der Waals surface area (Å²) in [5, 5.41) is 30.3. The van der Waals surface area contributed by atoms with Gasteiger partial charge < -0.3 is 15.5 Å². The molecule has 0 radical (unpaired) electrons. The van der Waals surface area contributed by atoms with Gasteiger partial charge in [-0.3, -0.25) is 4.79 Å². The van der Waals surface area contributed by atoms with Gasteiger partial charge in [-0.25, -0.2) is 4.79 Å². The molecule has 0 unspecified atom stereocenters. The highest BCUT2D eigenvalue weighted by Gasteiger charge is 2.25. The molecule has 0 fully saturated rings. The van der Waals surface area contributed by atoms with Crippen LogP contribution < -0.4 is 5.32 Å². The number of hydrogen-bond acceptors (Lipinski definition) is 4. The van der Waals surface area contributed by atoms with Crippen LogP contribution in [0.1, 0.15) is 31.4 Å². The number of carboxylic acid groups (broad SMARTS) is 1. The number of aliphatic carboxylic acids is 1. The normalized spacial score (nSPS) is 13.2. The number of nitrogens with zero attached hydrogens (tertiary/aromatic N) is 1. The lowest BCUT2D eigenvalue weighted by atomic mass is 10.00. The van der Waals surface area contributed by atoms with E-state index in [0.717, 1.165) is 0 Å². The number of rotatable bonds is 7. The highest BCUT2D eigenvalue weighted by molar-refractivity contribution is 5.86. The van der Waals surface area contributed by atoms with E-state index < -0.39 is 24.0 Å². The maximum Gasteiger partial charge on any atom is 0.326 e. The first-order chi connectivity index (χ1) is 10.3. The van der Waals surface area contributed by atoms with Gasteiger partial charge in [-0.05, 0) is 24.0 Å². The number of carbonyl (C=O) groups is 2. The molecule has 2 atom stereocenters. The van der Waals surface area contributed by atoms with E-state index in [2.05, 4.69) is 5.32 Å². The van der Waals surface area contributed by atoms with E-state index in [-0.39, 0.29) is 18.8 Å². The Bertz CT molecular complexity index is 578. The largest absolute Gasteiger partial charge is 0.480 e. The minimum absolute atomic E-state index is 0.0147. The zero-order valence-corrected chi connectivity index (χ0v) is 12.6. The van der Waals surface area contributed by atoms with Crippen molar-refractivity contribution in [1.29, 1.82) is 5.26 Å². The summed E-state index contributed by atoms with van der Waals surface area (Å²) < 4.78 is 0. The van der Waals surface area contributed by atoms with E-state index in [1.54, 1.807) is 24.3 Å². The van der Waals surface area contributed by atoms with Crippen molar-refractivity contribution < 1.29 is 19.8 Å². The average Bonchev–Trinajstić information content (AvgIpc) is 2.46. The smallest absolute Gasteiger partial charge is 0.326 e. The number of carboxylic acids is 1. The molecule has 0 aliphatic rings. The van der Waals surface area contributed by atoms with Crippen molar-refractivity contribution in [3.63, 3.8) is 0 Å². The van der Waals surface area contributed by atoms with Gasteiger partial charge in [-0.1, -0.05) is 32.0 Å². The molecule has 0 spiro atoms. The Labute approximate surface area is 129 Å². The standard InChI is InChI=1S/C16H20N2O4/c1-10(2)7-14(19)15(20)18-13(16(21)22)8-11-5-3-4-6-12(11)9-17/h3-6,10,13-14,19H,7-8H2,1-2H3,(H,18,20)(H,21,22)/t13-,14+/m1/s1. The molecule has 1 aromatic rings. The van der Waals surface area contributed by atoms with Crippen LogP contribution in [0.5, 0.6) is 0 Å². The molecule has 3 N–H and O–H groups in total. The Morgan fingerprint density at radius 1 is 1.32 bits per heavy atom. The third-order valence-electron chi connectivity index (χ3n) is 3.17. The van der Waals surface area contributed by atoms with Gasteiger partial charge in [-0.2, -0.15) is 5.26 Å². The quantitative estimate of drug-likeness (QED) is 0.698. The Morgan fingerprint density at radius 3 is 2.50 bits per heavy atom. The number of nitriles is 1. The van der Waals surface area contributed by atoms with Crippen LogP contribution in [-0.4, -0.2) is 34.2 Å². The highest BCUT2D eigenvalue weighted by Crippen LogP contribution is 2.11. The van der Waals surface area contributed by atoms with E-state index in [0.29, 0.717) is 11.1 Å². The molecule has 0 aliphatic heterocycles. The summed E-state index contributed by atoms with van der Waals surface area (Å²) in [6, 6.07) is 7.41. The minimum Gasteiger partial charge on any atom is -0.480 e. The molecule has 0 bridgehead atoms. The Hall–Kier alpha value is -2.39. The molecule has 6 heteroatoms. The second-order valence-corrected chi connectivity index (χ2v) is 5.52. The molecule has 0 aliphatic carbocycles. The molecular weight excluding hydrogens is 284 g/mol. The van der Waals surface area contributed by atoms with E-state index in [1.807, 2.05) is 19.9 Å². The molecule has 0 saturated carbocycles. The first kappa shape index (κ1) is 17.7. The number of benzene rings is 1. The average molecular weight is 304 g/mol. The van der Waals surface area contributed by atoms with Gasteiger partial charge in [-0.15, -0.1) is 0 Å². The molecule has 1 rings (SSSR count). The maximum absolute atomic E-state index is 11.8. The van der Waals surface area contributed by atoms with Crippen molar-refractivity contribution in [2.45, 2.75) is 38.8 Å². The van der Waals surface area contributed by atoms with Crippen molar-refractivity contribution in [3.05, 3.63) is 35.4 Å². The fraction of sp³-hybridized carbons (Fsp3) is 0.438. The number of aliphatic hydroxyl groups excluding tert-OH is 1. The number of hydrogen-bond donors (Lipinski definition) is 3. The third kappa shape index (κ3) is 5.19. The van der Waals surface area contributed by atoms with Crippen molar-refractivity contribution in [2.75, 3.05) is 0 Å². The summed E-state index contributed by atoms with van der Waals surface area (Å²) >= 11 is 0. The molecule has 1 aromatic carbocycles. The van der Waals surface area contributed by atoms with Gasteiger partial charge in [0, 0.05) is 6.42 Å². The molecular formula is C16H20N2O4. The number of aliphatic hydroxyl groups is 1. The van der Waals surface area contributed by atoms with Crippen LogP contribution in [-0.2, 0) is 16.0 Å². The zero-order valence-electron chi connectivity index (χ0n) is 12.6. The molecule has 6 nitrogen and oxygen atoms in total. The highest BCUT2D eigenvalue weighted by atomic mass is 16.4. The fourth-order valence-electron chi connectivity index (χ4n) is 2.05. The van der Waals surface area contributed by atoms with Crippen LogP contribution in [0.4, 0.5) is 0 Å². The first-order valence-corrected chi connectivity index (χ1v) is 7.04. The number of carbonyl (C=O) groups excluding carboxylic acids is 1. The van der Waals surface area contributed by atoms with Crippen LogP contribution in [0.15, 0.2) is 24.3 Å². The summed E-state index contributed by atoms with van der Waals surface area (Å²) in [5.74, 6) is -1.81. The molecule has 118 valence electrons. The SMILES string of the molecule is CC(C)C[C@H](O)C(=O)N[C@H](Cc1ccccc1C#N)C(=O)O.